The minimum atomic E-state index is -0.639. The molecule has 1 heterocycles. The number of halogens is 1. The van der Waals surface area contributed by atoms with Gasteiger partial charge in [0, 0.05) is 7.05 Å². The molecule has 1 aromatic rings. The van der Waals surface area contributed by atoms with E-state index in [2.05, 4.69) is 5.10 Å². The van der Waals surface area contributed by atoms with Crippen LogP contribution >= 0.6 is 11.6 Å². The van der Waals surface area contributed by atoms with Crippen LogP contribution in [0.2, 0.25) is 5.02 Å². The molecule has 1 aromatic heterocycles. The molecule has 1 saturated carbocycles. The third-order valence-electron chi connectivity index (χ3n) is 3.88. The van der Waals surface area contributed by atoms with Crippen LogP contribution in [0.5, 0.6) is 0 Å². The van der Waals surface area contributed by atoms with Gasteiger partial charge < -0.3 is 5.73 Å². The number of ketones is 1. The number of aromatic nitrogens is 2. The van der Waals surface area contributed by atoms with Crippen LogP contribution in [0, 0.1) is 0 Å². The molecule has 1 aliphatic rings. The second kappa shape index (κ2) is 5.02. The molecule has 0 aliphatic heterocycles. The maximum Gasteiger partial charge on any atom is 0.158 e. The summed E-state index contributed by atoms with van der Waals surface area (Å²) in [7, 11) is 1.82. The van der Waals surface area contributed by atoms with Crippen LogP contribution < -0.4 is 5.73 Å². The first-order valence-electron chi connectivity index (χ1n) is 6.50. The molecule has 0 amide bonds. The van der Waals surface area contributed by atoms with E-state index in [9.17, 15) is 4.79 Å². The van der Waals surface area contributed by atoms with Gasteiger partial charge in [-0.05, 0) is 19.3 Å². The fraction of sp³-hybridized carbons (Fsp3) is 0.692. The van der Waals surface area contributed by atoms with Gasteiger partial charge >= 0.3 is 0 Å². The van der Waals surface area contributed by atoms with Gasteiger partial charge in [-0.25, -0.2) is 0 Å². The Labute approximate surface area is 112 Å². The lowest BCUT2D eigenvalue weighted by molar-refractivity contribution is -0.123. The topological polar surface area (TPSA) is 60.9 Å². The molecule has 2 N–H and O–H groups in total. The van der Waals surface area contributed by atoms with Crippen LogP contribution in [0.4, 0.5) is 0 Å². The van der Waals surface area contributed by atoms with Crippen molar-refractivity contribution in [3.63, 3.8) is 0 Å². The Morgan fingerprint density at radius 2 is 2.11 bits per heavy atom. The van der Waals surface area contributed by atoms with Gasteiger partial charge in [-0.1, -0.05) is 31.4 Å². The van der Waals surface area contributed by atoms with E-state index in [0.29, 0.717) is 11.4 Å². The third kappa shape index (κ3) is 2.31. The Hall–Kier alpha value is -0.870. The zero-order chi connectivity index (χ0) is 13.3. The first-order chi connectivity index (χ1) is 8.48. The minimum Gasteiger partial charge on any atom is -0.319 e. The number of nitrogens with zero attached hydrogens (tertiary/aromatic N) is 2. The minimum absolute atomic E-state index is 0.0903. The van der Waals surface area contributed by atoms with Gasteiger partial charge in [0.1, 0.15) is 0 Å². The van der Waals surface area contributed by atoms with E-state index in [1.165, 1.54) is 0 Å². The van der Waals surface area contributed by atoms with E-state index in [1.54, 1.807) is 4.68 Å². The van der Waals surface area contributed by atoms with Crippen LogP contribution in [-0.4, -0.2) is 21.1 Å². The van der Waals surface area contributed by atoms with Crippen molar-refractivity contribution < 1.29 is 4.79 Å². The molecule has 0 bridgehead atoms. The molecule has 0 atom stereocenters. The molecule has 100 valence electrons. The summed E-state index contributed by atoms with van der Waals surface area (Å²) < 4.78 is 1.71. The Balaban J connectivity index is 2.19. The Bertz CT molecular complexity index is 461. The predicted molar refractivity (Wildman–Crippen MR) is 71.7 cm³/mol. The second-order valence-corrected chi connectivity index (χ2v) is 5.53. The largest absolute Gasteiger partial charge is 0.319 e. The van der Waals surface area contributed by atoms with Crippen molar-refractivity contribution in [2.45, 2.75) is 51.0 Å². The predicted octanol–water partition coefficient (Wildman–Crippen LogP) is 2.02. The first-order valence-corrected chi connectivity index (χ1v) is 6.88. The fourth-order valence-electron chi connectivity index (χ4n) is 2.62. The molecule has 2 rings (SSSR count). The van der Waals surface area contributed by atoms with Crippen LogP contribution in [0.25, 0.3) is 0 Å². The summed E-state index contributed by atoms with van der Waals surface area (Å²) in [6.45, 7) is 2.00. The summed E-state index contributed by atoms with van der Waals surface area (Å²) in [5.74, 6) is 0.0903. The molecule has 4 nitrogen and oxygen atoms in total. The van der Waals surface area contributed by atoms with Gasteiger partial charge in [-0.2, -0.15) is 5.10 Å². The number of rotatable bonds is 4. The molecule has 0 unspecified atom stereocenters. The number of Topliss-reactive ketones (excluding diaryl/α,β-unsaturated/α-hetero) is 1. The molecular formula is C13H20ClN3O. The highest BCUT2D eigenvalue weighted by Gasteiger charge is 2.37. The van der Waals surface area contributed by atoms with Gasteiger partial charge in [-0.3, -0.25) is 9.48 Å². The molecule has 1 aliphatic carbocycles. The Morgan fingerprint density at radius 1 is 1.50 bits per heavy atom. The number of hydrogen-bond acceptors (Lipinski definition) is 3. The Kier molecular flexibility index (Phi) is 3.78. The van der Waals surface area contributed by atoms with Gasteiger partial charge in [0.15, 0.2) is 5.78 Å². The monoisotopic (exact) mass is 269 g/mol. The van der Waals surface area contributed by atoms with Crippen LogP contribution in [0.1, 0.15) is 44.0 Å². The standard InChI is InChI=1S/C13H20ClN3O/c1-3-9-12(14)10(17(2)16-9)8-11(18)13(15)6-4-5-7-13/h3-8,15H2,1-2H3. The highest BCUT2D eigenvalue weighted by Crippen LogP contribution is 2.30. The van der Waals surface area contributed by atoms with E-state index >= 15 is 0 Å². The number of carbonyl (C=O) groups is 1. The van der Waals surface area contributed by atoms with Gasteiger partial charge in [0.05, 0.1) is 28.4 Å². The summed E-state index contributed by atoms with van der Waals surface area (Å²) in [6.07, 6.45) is 4.74. The van der Waals surface area contributed by atoms with Crippen LogP contribution in [0.15, 0.2) is 0 Å². The van der Waals surface area contributed by atoms with Crippen LogP contribution in [0.3, 0.4) is 0 Å². The summed E-state index contributed by atoms with van der Waals surface area (Å²) in [4.78, 5) is 12.3. The second-order valence-electron chi connectivity index (χ2n) is 5.15. The lowest BCUT2D eigenvalue weighted by Crippen LogP contribution is -2.46. The van der Waals surface area contributed by atoms with Crippen molar-refractivity contribution >= 4 is 17.4 Å². The normalized spacial score (nSPS) is 18.2. The van der Waals surface area contributed by atoms with E-state index in [-0.39, 0.29) is 5.78 Å². The molecule has 0 aromatic carbocycles. The molecule has 18 heavy (non-hydrogen) atoms. The number of nitrogens with two attached hydrogens (primary N) is 1. The van der Waals surface area contributed by atoms with E-state index < -0.39 is 5.54 Å². The van der Waals surface area contributed by atoms with E-state index in [1.807, 2.05) is 14.0 Å². The molecular weight excluding hydrogens is 250 g/mol. The Morgan fingerprint density at radius 3 is 2.61 bits per heavy atom. The summed E-state index contributed by atoms with van der Waals surface area (Å²) in [5.41, 5.74) is 7.16. The smallest absolute Gasteiger partial charge is 0.158 e. The SMILES string of the molecule is CCc1nn(C)c(CC(=O)C2(N)CCCC2)c1Cl. The van der Waals surface area contributed by atoms with Gasteiger partial charge in [0.2, 0.25) is 0 Å². The quantitative estimate of drug-likeness (QED) is 0.910. The summed E-state index contributed by atoms with van der Waals surface area (Å²) >= 11 is 6.25. The van der Waals surface area contributed by atoms with Gasteiger partial charge in [0.25, 0.3) is 0 Å². The lowest BCUT2D eigenvalue weighted by atomic mass is 9.90. The average molecular weight is 270 g/mol. The van der Waals surface area contributed by atoms with Crippen molar-refractivity contribution in [2.75, 3.05) is 0 Å². The maximum atomic E-state index is 12.3. The zero-order valence-electron chi connectivity index (χ0n) is 11.0. The van der Waals surface area contributed by atoms with E-state index in [0.717, 1.165) is 43.5 Å². The summed E-state index contributed by atoms with van der Waals surface area (Å²) in [5, 5.41) is 4.94. The van der Waals surface area contributed by atoms with Crippen molar-refractivity contribution in [3.05, 3.63) is 16.4 Å². The summed E-state index contributed by atoms with van der Waals surface area (Å²) in [6, 6.07) is 0. The lowest BCUT2D eigenvalue weighted by Gasteiger charge is -2.21. The number of hydrogen-bond donors (Lipinski definition) is 1. The van der Waals surface area contributed by atoms with E-state index in [4.69, 9.17) is 17.3 Å². The van der Waals surface area contributed by atoms with Crippen LogP contribution in [-0.2, 0) is 24.7 Å². The fourth-order valence-corrected chi connectivity index (χ4v) is 2.99. The van der Waals surface area contributed by atoms with Crippen molar-refractivity contribution in [2.24, 2.45) is 12.8 Å². The third-order valence-corrected chi connectivity index (χ3v) is 4.32. The highest BCUT2D eigenvalue weighted by molar-refractivity contribution is 6.32. The molecule has 0 spiro atoms. The van der Waals surface area contributed by atoms with Crippen molar-refractivity contribution in [3.8, 4) is 0 Å². The maximum absolute atomic E-state index is 12.3. The highest BCUT2D eigenvalue weighted by atomic mass is 35.5. The average Bonchev–Trinajstić information content (AvgIpc) is 2.89. The molecule has 0 radical (unpaired) electrons. The number of aryl methyl sites for hydroxylation is 2. The zero-order valence-corrected chi connectivity index (χ0v) is 11.8. The van der Waals surface area contributed by atoms with Crippen molar-refractivity contribution in [1.82, 2.24) is 9.78 Å². The number of carbonyl (C=O) groups excluding carboxylic acids is 1. The van der Waals surface area contributed by atoms with Crippen molar-refractivity contribution in [1.29, 1.82) is 0 Å². The molecule has 5 heteroatoms. The molecule has 1 fully saturated rings. The van der Waals surface area contributed by atoms with Gasteiger partial charge in [-0.15, -0.1) is 0 Å². The molecule has 0 saturated heterocycles. The first kappa shape index (κ1) is 13.6.